The molecule has 0 atom stereocenters. The van der Waals surface area contributed by atoms with Crippen molar-refractivity contribution in [3.8, 4) is 0 Å². The van der Waals surface area contributed by atoms with Gasteiger partial charge in [0, 0.05) is 21.5 Å². The first-order valence-electron chi connectivity index (χ1n) is 9.35. The average molecular weight is 254 g/mol. The molecule has 1 saturated heterocycles. The van der Waals surface area contributed by atoms with Crippen LogP contribution in [0, 0.1) is 0 Å². The molecule has 0 radical (unpaired) electrons. The molecule has 98 valence electrons. The normalized spacial score (nSPS) is 29.3. The highest BCUT2D eigenvalue weighted by molar-refractivity contribution is 6.62. The lowest BCUT2D eigenvalue weighted by atomic mass is 9.79. The van der Waals surface area contributed by atoms with Crippen LogP contribution in [0.2, 0.25) is 0 Å². The standard InChI is InChI=1S/C14H22BNO2/c1-6-7-12-10-11(8-9-16-12)15-17-13(2,3)14(4,5)18-15/h8-10H,6-7H2,1-5H3/i1D3,6D2,7D2. The molecule has 0 saturated carbocycles. The lowest BCUT2D eigenvalue weighted by Gasteiger charge is -2.32. The monoisotopic (exact) mass is 254 g/mol. The van der Waals surface area contributed by atoms with Crippen LogP contribution in [0.1, 0.15) is 56.2 Å². The third kappa shape index (κ3) is 2.45. The highest BCUT2D eigenvalue weighted by Crippen LogP contribution is 2.36. The molecular weight excluding hydrogens is 225 g/mol. The van der Waals surface area contributed by atoms with Crippen molar-refractivity contribution in [3.05, 3.63) is 24.0 Å². The molecule has 0 aliphatic carbocycles. The van der Waals surface area contributed by atoms with Crippen molar-refractivity contribution in [2.24, 2.45) is 0 Å². The van der Waals surface area contributed by atoms with Crippen molar-refractivity contribution in [2.75, 3.05) is 0 Å². The zero-order valence-corrected chi connectivity index (χ0v) is 11.1. The molecule has 1 aromatic heterocycles. The Morgan fingerprint density at radius 3 is 2.61 bits per heavy atom. The van der Waals surface area contributed by atoms with Gasteiger partial charge >= 0.3 is 7.12 Å². The van der Waals surface area contributed by atoms with E-state index < -0.39 is 37.9 Å². The van der Waals surface area contributed by atoms with E-state index in [0.29, 0.717) is 5.46 Å². The third-order valence-corrected chi connectivity index (χ3v) is 3.50. The SMILES string of the molecule is [2H]C([2H])([2H])C([2H])([2H])C([2H])([2H])c1cc(B2OC(C)(C)C(C)(C)O2)ccn1. The van der Waals surface area contributed by atoms with E-state index in [1.807, 2.05) is 27.7 Å². The fourth-order valence-electron chi connectivity index (χ4n) is 1.71. The molecule has 3 nitrogen and oxygen atoms in total. The molecule has 1 aliphatic rings. The maximum Gasteiger partial charge on any atom is 0.494 e. The summed E-state index contributed by atoms with van der Waals surface area (Å²) >= 11 is 0. The molecular formula is C14H22BNO2. The zero-order chi connectivity index (χ0) is 19.5. The van der Waals surface area contributed by atoms with Gasteiger partial charge in [-0.15, -0.1) is 0 Å². The molecule has 1 aliphatic heterocycles. The number of hydrogen-bond donors (Lipinski definition) is 0. The molecule has 1 fully saturated rings. The van der Waals surface area contributed by atoms with E-state index in [4.69, 9.17) is 18.9 Å². The summed E-state index contributed by atoms with van der Waals surface area (Å²) < 4.78 is 65.3. The predicted octanol–water partition coefficient (Wildman–Crippen LogP) is 2.33. The molecule has 18 heavy (non-hydrogen) atoms. The van der Waals surface area contributed by atoms with Crippen LogP contribution in [0.3, 0.4) is 0 Å². The van der Waals surface area contributed by atoms with Crippen LogP contribution in [-0.2, 0) is 15.7 Å². The van der Waals surface area contributed by atoms with Gasteiger partial charge in [-0.05, 0) is 51.7 Å². The Hall–Kier alpha value is -0.865. The fourth-order valence-corrected chi connectivity index (χ4v) is 1.71. The Morgan fingerprint density at radius 2 is 2.00 bits per heavy atom. The summed E-state index contributed by atoms with van der Waals surface area (Å²) in [6.45, 7) is 4.37. The Bertz CT molecular complexity index is 645. The average Bonchev–Trinajstić information content (AvgIpc) is 2.66. The van der Waals surface area contributed by atoms with E-state index in [0.717, 1.165) is 0 Å². The van der Waals surface area contributed by atoms with Crippen LogP contribution < -0.4 is 5.46 Å². The molecule has 0 spiro atoms. The predicted molar refractivity (Wildman–Crippen MR) is 73.9 cm³/mol. The zero-order valence-electron chi connectivity index (χ0n) is 18.1. The minimum Gasteiger partial charge on any atom is -0.399 e. The van der Waals surface area contributed by atoms with E-state index in [2.05, 4.69) is 4.98 Å². The molecule has 0 bridgehead atoms. The van der Waals surface area contributed by atoms with Crippen molar-refractivity contribution in [2.45, 2.75) is 58.5 Å². The molecule has 0 amide bonds. The van der Waals surface area contributed by atoms with Crippen molar-refractivity contribution in [1.29, 1.82) is 0 Å². The Kier molecular flexibility index (Phi) is 1.83. The minimum absolute atomic E-state index is 0.319. The molecule has 2 heterocycles. The van der Waals surface area contributed by atoms with Gasteiger partial charge in [-0.2, -0.15) is 0 Å². The number of rotatable bonds is 3. The summed E-state index contributed by atoms with van der Waals surface area (Å²) in [4.78, 5) is 3.86. The summed E-state index contributed by atoms with van der Waals surface area (Å²) in [5.74, 6) is 0. The number of pyridine rings is 1. The number of nitrogens with zero attached hydrogens (tertiary/aromatic N) is 1. The fraction of sp³-hybridized carbons (Fsp3) is 0.643. The molecule has 1 aromatic rings. The Balaban J connectivity index is 2.41. The second-order valence-corrected chi connectivity index (χ2v) is 5.31. The highest BCUT2D eigenvalue weighted by Gasteiger charge is 2.51. The van der Waals surface area contributed by atoms with E-state index >= 15 is 0 Å². The topological polar surface area (TPSA) is 31.4 Å². The van der Waals surface area contributed by atoms with Gasteiger partial charge in [-0.25, -0.2) is 0 Å². The van der Waals surface area contributed by atoms with Gasteiger partial charge in [-0.3, -0.25) is 4.98 Å². The summed E-state index contributed by atoms with van der Waals surface area (Å²) in [7, 11) is -0.777. The first-order valence-corrected chi connectivity index (χ1v) is 5.85. The summed E-state index contributed by atoms with van der Waals surface area (Å²) in [6, 6.07) is 2.87. The maximum absolute atomic E-state index is 8.04. The molecule has 2 rings (SSSR count). The van der Waals surface area contributed by atoms with Crippen LogP contribution in [0.25, 0.3) is 0 Å². The Morgan fingerprint density at radius 1 is 1.33 bits per heavy atom. The van der Waals surface area contributed by atoms with Crippen LogP contribution in [0.4, 0.5) is 0 Å². The smallest absolute Gasteiger partial charge is 0.399 e. The van der Waals surface area contributed by atoms with Crippen molar-refractivity contribution < 1.29 is 18.9 Å². The van der Waals surface area contributed by atoms with E-state index in [-0.39, 0.29) is 5.69 Å². The van der Waals surface area contributed by atoms with Gasteiger partial charge in [0.2, 0.25) is 0 Å². The van der Waals surface area contributed by atoms with Crippen molar-refractivity contribution in [3.63, 3.8) is 0 Å². The van der Waals surface area contributed by atoms with Crippen LogP contribution in [0.15, 0.2) is 18.3 Å². The van der Waals surface area contributed by atoms with E-state index in [1.54, 1.807) is 6.07 Å². The molecule has 4 heteroatoms. The van der Waals surface area contributed by atoms with E-state index in [9.17, 15) is 0 Å². The molecule has 0 N–H and O–H groups in total. The van der Waals surface area contributed by atoms with Crippen LogP contribution in [-0.4, -0.2) is 23.3 Å². The van der Waals surface area contributed by atoms with Gasteiger partial charge in [0.15, 0.2) is 0 Å². The number of aryl methyl sites for hydroxylation is 1. The summed E-state index contributed by atoms with van der Waals surface area (Å²) in [6.07, 6.45) is -4.64. The molecule has 0 unspecified atom stereocenters. The van der Waals surface area contributed by atoms with Gasteiger partial charge in [0.25, 0.3) is 0 Å². The van der Waals surface area contributed by atoms with Crippen molar-refractivity contribution >= 4 is 12.6 Å². The number of aromatic nitrogens is 1. The minimum atomic E-state index is -3.14. The summed E-state index contributed by atoms with van der Waals surface area (Å²) in [5.41, 5.74) is -1.05. The second kappa shape index (κ2) is 4.67. The first kappa shape index (κ1) is 7.06. The van der Waals surface area contributed by atoms with Crippen molar-refractivity contribution in [1.82, 2.24) is 4.98 Å². The highest BCUT2D eigenvalue weighted by atomic mass is 16.7. The second-order valence-electron chi connectivity index (χ2n) is 5.31. The molecule has 0 aromatic carbocycles. The quantitative estimate of drug-likeness (QED) is 0.776. The van der Waals surface area contributed by atoms with Crippen LogP contribution in [0.5, 0.6) is 0 Å². The van der Waals surface area contributed by atoms with Crippen LogP contribution >= 0.6 is 0 Å². The van der Waals surface area contributed by atoms with Gasteiger partial charge < -0.3 is 9.31 Å². The first-order chi connectivity index (χ1) is 11.0. The number of hydrogen-bond acceptors (Lipinski definition) is 3. The lowest BCUT2D eigenvalue weighted by molar-refractivity contribution is 0.00578. The Labute approximate surface area is 120 Å². The van der Waals surface area contributed by atoms with Gasteiger partial charge in [-0.1, -0.05) is 13.2 Å². The summed E-state index contributed by atoms with van der Waals surface area (Å²) in [5, 5.41) is 0. The largest absolute Gasteiger partial charge is 0.494 e. The van der Waals surface area contributed by atoms with Gasteiger partial charge in [0.05, 0.1) is 11.2 Å². The third-order valence-electron chi connectivity index (χ3n) is 3.50. The maximum atomic E-state index is 8.04. The van der Waals surface area contributed by atoms with E-state index in [1.165, 1.54) is 12.3 Å². The van der Waals surface area contributed by atoms with Gasteiger partial charge in [0.1, 0.15) is 0 Å². The lowest BCUT2D eigenvalue weighted by Crippen LogP contribution is -2.41.